The molecule has 2 heteroatoms. The van der Waals surface area contributed by atoms with Crippen LogP contribution in [0.5, 0.6) is 0 Å². The fraction of sp³-hybridized carbons (Fsp3) is 1.00. The predicted octanol–water partition coefficient (Wildman–Crippen LogP) is 3.28. The van der Waals surface area contributed by atoms with Gasteiger partial charge in [0.05, 0.1) is 0 Å². The monoisotopic (exact) mass is 240 g/mol. The van der Waals surface area contributed by atoms with Gasteiger partial charge in [0.15, 0.2) is 0 Å². The lowest BCUT2D eigenvalue weighted by atomic mass is 10.1. The summed E-state index contributed by atoms with van der Waals surface area (Å²) in [4.78, 5) is 2.51. The van der Waals surface area contributed by atoms with E-state index in [9.17, 15) is 0 Å². The average Bonchev–Trinajstić information content (AvgIpc) is 3.08. The molecule has 1 N–H and O–H groups in total. The molecule has 102 valence electrons. The molecule has 2 unspecified atom stereocenters. The first-order valence-corrected chi connectivity index (χ1v) is 7.64. The molecule has 1 aliphatic carbocycles. The summed E-state index contributed by atoms with van der Waals surface area (Å²) in [5.74, 6) is 1.04. The largest absolute Gasteiger partial charge is 0.312 e. The Labute approximate surface area is 108 Å². The third-order valence-corrected chi connectivity index (χ3v) is 3.96. The van der Waals surface area contributed by atoms with Crippen molar-refractivity contribution in [3.05, 3.63) is 0 Å². The van der Waals surface area contributed by atoms with E-state index in [2.05, 4.69) is 37.9 Å². The van der Waals surface area contributed by atoms with Crippen LogP contribution in [0.3, 0.4) is 0 Å². The molecule has 0 aliphatic heterocycles. The predicted molar refractivity (Wildman–Crippen MR) is 76.4 cm³/mol. The topological polar surface area (TPSA) is 15.3 Å². The molecular formula is C15H32N2. The highest BCUT2D eigenvalue weighted by Crippen LogP contribution is 2.33. The maximum absolute atomic E-state index is 3.74. The molecule has 0 heterocycles. The molecule has 0 bridgehead atoms. The van der Waals surface area contributed by atoms with E-state index >= 15 is 0 Å². The van der Waals surface area contributed by atoms with Gasteiger partial charge in [-0.3, -0.25) is 0 Å². The summed E-state index contributed by atoms with van der Waals surface area (Å²) in [7, 11) is 0. The highest BCUT2D eigenvalue weighted by atomic mass is 15.1. The minimum atomic E-state index is 0.680. The van der Waals surface area contributed by atoms with Crippen molar-refractivity contribution in [2.45, 2.75) is 71.9 Å². The number of nitrogens with zero attached hydrogens (tertiary/aromatic N) is 1. The molecule has 0 aromatic carbocycles. The van der Waals surface area contributed by atoms with E-state index in [0.717, 1.165) is 5.92 Å². The molecule has 17 heavy (non-hydrogen) atoms. The SMILES string of the molecule is CCN(CC)CCCC(C)NC(C)CC1CC1. The lowest BCUT2D eigenvalue weighted by Crippen LogP contribution is -2.35. The summed E-state index contributed by atoms with van der Waals surface area (Å²) in [6.07, 6.45) is 6.97. The van der Waals surface area contributed by atoms with Gasteiger partial charge in [-0.25, -0.2) is 0 Å². The van der Waals surface area contributed by atoms with Crippen molar-refractivity contribution in [2.24, 2.45) is 5.92 Å². The van der Waals surface area contributed by atoms with Crippen molar-refractivity contribution < 1.29 is 0 Å². The van der Waals surface area contributed by atoms with Crippen molar-refractivity contribution in [3.8, 4) is 0 Å². The van der Waals surface area contributed by atoms with Gasteiger partial charge in [0.1, 0.15) is 0 Å². The Hall–Kier alpha value is -0.0800. The zero-order valence-electron chi connectivity index (χ0n) is 12.3. The molecule has 0 amide bonds. The van der Waals surface area contributed by atoms with Gasteiger partial charge in [-0.1, -0.05) is 26.7 Å². The second-order valence-corrected chi connectivity index (χ2v) is 5.82. The fourth-order valence-electron chi connectivity index (χ4n) is 2.65. The van der Waals surface area contributed by atoms with Crippen molar-refractivity contribution >= 4 is 0 Å². The van der Waals surface area contributed by atoms with E-state index in [1.807, 2.05) is 0 Å². The summed E-state index contributed by atoms with van der Waals surface area (Å²) < 4.78 is 0. The van der Waals surface area contributed by atoms with Crippen molar-refractivity contribution in [3.63, 3.8) is 0 Å². The van der Waals surface area contributed by atoms with Crippen LogP contribution in [0.4, 0.5) is 0 Å². The van der Waals surface area contributed by atoms with E-state index in [-0.39, 0.29) is 0 Å². The highest BCUT2D eigenvalue weighted by Gasteiger charge is 2.23. The Morgan fingerprint density at radius 2 is 1.76 bits per heavy atom. The molecule has 0 aromatic heterocycles. The molecule has 0 aromatic rings. The number of rotatable bonds is 10. The fourth-order valence-corrected chi connectivity index (χ4v) is 2.65. The summed E-state index contributed by atoms with van der Waals surface area (Å²) in [6.45, 7) is 12.8. The van der Waals surface area contributed by atoms with Crippen LogP contribution in [-0.4, -0.2) is 36.6 Å². The van der Waals surface area contributed by atoms with Crippen molar-refractivity contribution in [1.29, 1.82) is 0 Å². The van der Waals surface area contributed by atoms with E-state index in [1.54, 1.807) is 0 Å². The zero-order valence-corrected chi connectivity index (χ0v) is 12.3. The third kappa shape index (κ3) is 7.05. The van der Waals surface area contributed by atoms with Gasteiger partial charge in [0, 0.05) is 12.1 Å². The van der Waals surface area contributed by atoms with Crippen LogP contribution < -0.4 is 5.32 Å². The zero-order chi connectivity index (χ0) is 12.7. The minimum absolute atomic E-state index is 0.680. The van der Waals surface area contributed by atoms with E-state index in [0.29, 0.717) is 12.1 Å². The number of nitrogens with one attached hydrogen (secondary N) is 1. The van der Waals surface area contributed by atoms with E-state index in [1.165, 1.54) is 51.7 Å². The Morgan fingerprint density at radius 1 is 1.12 bits per heavy atom. The highest BCUT2D eigenvalue weighted by molar-refractivity contribution is 4.79. The molecule has 1 rings (SSSR count). The minimum Gasteiger partial charge on any atom is -0.312 e. The van der Waals surface area contributed by atoms with Crippen molar-refractivity contribution in [2.75, 3.05) is 19.6 Å². The Morgan fingerprint density at radius 3 is 2.29 bits per heavy atom. The van der Waals surface area contributed by atoms with Crippen LogP contribution in [0.25, 0.3) is 0 Å². The Kier molecular flexibility index (Phi) is 7.14. The Bertz CT molecular complexity index is 185. The first-order valence-electron chi connectivity index (χ1n) is 7.64. The normalized spacial score (nSPS) is 19.6. The lowest BCUT2D eigenvalue weighted by Gasteiger charge is -2.22. The first-order chi connectivity index (χ1) is 8.15. The lowest BCUT2D eigenvalue weighted by molar-refractivity contribution is 0.287. The maximum atomic E-state index is 3.74. The molecular weight excluding hydrogens is 208 g/mol. The summed E-state index contributed by atoms with van der Waals surface area (Å²) >= 11 is 0. The van der Waals surface area contributed by atoms with E-state index in [4.69, 9.17) is 0 Å². The molecule has 1 fully saturated rings. The van der Waals surface area contributed by atoms with Crippen LogP contribution in [0.2, 0.25) is 0 Å². The molecule has 0 radical (unpaired) electrons. The first kappa shape index (κ1) is 15.0. The molecule has 2 nitrogen and oxygen atoms in total. The van der Waals surface area contributed by atoms with Crippen LogP contribution >= 0.6 is 0 Å². The number of hydrogen-bond donors (Lipinski definition) is 1. The van der Waals surface area contributed by atoms with E-state index < -0.39 is 0 Å². The van der Waals surface area contributed by atoms with Crippen molar-refractivity contribution in [1.82, 2.24) is 10.2 Å². The third-order valence-electron chi connectivity index (χ3n) is 3.96. The Balaban J connectivity index is 2.01. The summed E-state index contributed by atoms with van der Waals surface area (Å²) in [5, 5.41) is 3.74. The standard InChI is InChI=1S/C15H32N2/c1-5-17(6-2)11-7-8-13(3)16-14(4)12-15-9-10-15/h13-16H,5-12H2,1-4H3. The molecule has 0 saturated heterocycles. The number of hydrogen-bond acceptors (Lipinski definition) is 2. The quantitative estimate of drug-likeness (QED) is 0.630. The second kappa shape index (κ2) is 8.10. The molecule has 1 saturated carbocycles. The van der Waals surface area contributed by atoms with Crippen LogP contribution in [0.15, 0.2) is 0 Å². The van der Waals surface area contributed by atoms with Gasteiger partial charge in [-0.15, -0.1) is 0 Å². The molecule has 0 spiro atoms. The molecule has 1 aliphatic rings. The van der Waals surface area contributed by atoms with Gasteiger partial charge in [-0.2, -0.15) is 0 Å². The van der Waals surface area contributed by atoms with Gasteiger partial charge < -0.3 is 10.2 Å². The average molecular weight is 240 g/mol. The van der Waals surface area contributed by atoms with Gasteiger partial charge in [0.2, 0.25) is 0 Å². The van der Waals surface area contributed by atoms with Gasteiger partial charge in [0.25, 0.3) is 0 Å². The van der Waals surface area contributed by atoms with Crippen LogP contribution in [-0.2, 0) is 0 Å². The molecule has 2 atom stereocenters. The summed E-state index contributed by atoms with van der Waals surface area (Å²) in [5.41, 5.74) is 0. The van der Waals surface area contributed by atoms with Crippen LogP contribution in [0, 0.1) is 5.92 Å². The second-order valence-electron chi connectivity index (χ2n) is 5.82. The smallest absolute Gasteiger partial charge is 0.00438 e. The van der Waals surface area contributed by atoms with Gasteiger partial charge in [-0.05, 0) is 58.7 Å². The summed E-state index contributed by atoms with van der Waals surface area (Å²) in [6, 6.07) is 1.39. The van der Waals surface area contributed by atoms with Crippen LogP contribution in [0.1, 0.15) is 59.8 Å². The maximum Gasteiger partial charge on any atom is 0.00438 e. The van der Waals surface area contributed by atoms with Gasteiger partial charge >= 0.3 is 0 Å².